The van der Waals surface area contributed by atoms with Gasteiger partial charge in [0, 0.05) is 5.56 Å². The second-order valence-corrected chi connectivity index (χ2v) is 4.49. The molecule has 0 spiro atoms. The van der Waals surface area contributed by atoms with Crippen molar-refractivity contribution < 1.29 is 4.39 Å². The maximum absolute atomic E-state index is 12.6. The summed E-state index contributed by atoms with van der Waals surface area (Å²) in [5, 5.41) is 0.826. The van der Waals surface area contributed by atoms with E-state index in [-0.39, 0.29) is 5.82 Å². The predicted octanol–water partition coefficient (Wildman–Crippen LogP) is 3.91. The Morgan fingerprint density at radius 3 is 2.43 bits per heavy atom. The minimum atomic E-state index is -0.242. The van der Waals surface area contributed by atoms with Gasteiger partial charge in [-0.15, -0.1) is 11.3 Å². The number of aryl methyl sites for hydroxylation is 1. The molecule has 0 aliphatic rings. The molecule has 0 aliphatic heterocycles. The van der Waals surface area contributed by atoms with Gasteiger partial charge in [0.15, 0.2) is 0 Å². The number of benzene rings is 1. The molecule has 1 heterocycles. The molecule has 0 radical (unpaired) electrons. The molecule has 0 unspecified atom stereocenters. The average Bonchev–Trinajstić information content (AvgIpc) is 2.48. The van der Waals surface area contributed by atoms with Crippen LogP contribution in [0.25, 0.3) is 10.6 Å². The Hall–Kier alpha value is -0.930. The summed E-state index contributed by atoms with van der Waals surface area (Å²) in [6.07, 6.45) is 0. The average molecular weight is 228 g/mol. The Bertz CT molecular complexity index is 430. The van der Waals surface area contributed by atoms with Crippen molar-refractivity contribution in [2.24, 2.45) is 0 Å². The minimum Gasteiger partial charge on any atom is -0.240 e. The van der Waals surface area contributed by atoms with E-state index >= 15 is 0 Å². The van der Waals surface area contributed by atoms with Crippen molar-refractivity contribution in [1.82, 2.24) is 4.98 Å². The molecule has 14 heavy (non-hydrogen) atoms. The van der Waals surface area contributed by atoms with Gasteiger partial charge < -0.3 is 0 Å². The van der Waals surface area contributed by atoms with Crippen molar-refractivity contribution in [1.29, 1.82) is 0 Å². The Kier molecular flexibility index (Phi) is 2.52. The summed E-state index contributed by atoms with van der Waals surface area (Å²) in [6, 6.07) is 6.23. The van der Waals surface area contributed by atoms with E-state index in [1.807, 2.05) is 6.92 Å². The smallest absolute Gasteiger partial charge is 0.125 e. The fourth-order valence-electron chi connectivity index (χ4n) is 1.09. The first-order chi connectivity index (χ1) is 6.66. The maximum atomic E-state index is 12.6. The standard InChI is InChI=1S/C10H7ClFNS/c1-6-9(11)14-10(13-6)7-2-4-8(12)5-3-7/h2-5H,1H3. The van der Waals surface area contributed by atoms with Crippen LogP contribution in [0.3, 0.4) is 0 Å². The highest BCUT2D eigenvalue weighted by atomic mass is 35.5. The molecule has 0 aliphatic carbocycles. The molecule has 0 bridgehead atoms. The van der Waals surface area contributed by atoms with Gasteiger partial charge in [-0.2, -0.15) is 0 Å². The van der Waals surface area contributed by atoms with Crippen LogP contribution in [0.2, 0.25) is 4.34 Å². The van der Waals surface area contributed by atoms with Crippen LogP contribution in [0.1, 0.15) is 5.69 Å². The van der Waals surface area contributed by atoms with E-state index in [4.69, 9.17) is 11.6 Å². The summed E-state index contributed by atoms with van der Waals surface area (Å²) in [5.74, 6) is -0.242. The van der Waals surface area contributed by atoms with E-state index in [1.165, 1.54) is 23.5 Å². The first-order valence-electron chi connectivity index (χ1n) is 4.05. The van der Waals surface area contributed by atoms with E-state index in [0.717, 1.165) is 16.3 Å². The van der Waals surface area contributed by atoms with Crippen LogP contribution in [0.5, 0.6) is 0 Å². The lowest BCUT2D eigenvalue weighted by molar-refractivity contribution is 0.628. The molecule has 1 aromatic carbocycles. The van der Waals surface area contributed by atoms with E-state index in [2.05, 4.69) is 4.98 Å². The molecule has 1 aromatic heterocycles. The molecule has 0 saturated carbocycles. The number of thiazole rings is 1. The number of aromatic nitrogens is 1. The highest BCUT2D eigenvalue weighted by Crippen LogP contribution is 2.30. The van der Waals surface area contributed by atoms with Crippen LogP contribution < -0.4 is 0 Å². The largest absolute Gasteiger partial charge is 0.240 e. The van der Waals surface area contributed by atoms with E-state index < -0.39 is 0 Å². The van der Waals surface area contributed by atoms with Gasteiger partial charge in [0.25, 0.3) is 0 Å². The zero-order valence-corrected chi connectivity index (χ0v) is 8.99. The first-order valence-corrected chi connectivity index (χ1v) is 5.25. The van der Waals surface area contributed by atoms with Crippen molar-refractivity contribution >= 4 is 22.9 Å². The van der Waals surface area contributed by atoms with Gasteiger partial charge in [-0.3, -0.25) is 0 Å². The highest BCUT2D eigenvalue weighted by Gasteiger charge is 2.06. The fourth-order valence-corrected chi connectivity index (χ4v) is 2.15. The van der Waals surface area contributed by atoms with E-state index in [9.17, 15) is 4.39 Å². The summed E-state index contributed by atoms with van der Waals surface area (Å²) in [6.45, 7) is 1.85. The molecule has 72 valence electrons. The van der Waals surface area contributed by atoms with Gasteiger partial charge in [-0.1, -0.05) is 11.6 Å². The highest BCUT2D eigenvalue weighted by molar-refractivity contribution is 7.19. The number of hydrogen-bond acceptors (Lipinski definition) is 2. The van der Waals surface area contributed by atoms with Crippen molar-refractivity contribution in [3.05, 3.63) is 40.1 Å². The summed E-state index contributed by atoms with van der Waals surface area (Å²) >= 11 is 7.30. The van der Waals surface area contributed by atoms with Crippen molar-refractivity contribution in [3.63, 3.8) is 0 Å². The molecule has 2 rings (SSSR count). The summed E-state index contributed by atoms with van der Waals surface area (Å²) < 4.78 is 13.3. The molecule has 0 saturated heterocycles. The van der Waals surface area contributed by atoms with Crippen LogP contribution in [-0.2, 0) is 0 Å². The molecule has 1 nitrogen and oxygen atoms in total. The first kappa shape index (κ1) is 9.62. The van der Waals surface area contributed by atoms with Gasteiger partial charge in [0.05, 0.1) is 5.69 Å². The summed E-state index contributed by atoms with van der Waals surface area (Å²) in [4.78, 5) is 4.27. The maximum Gasteiger partial charge on any atom is 0.125 e. The third-order valence-electron chi connectivity index (χ3n) is 1.83. The zero-order valence-electron chi connectivity index (χ0n) is 7.42. The quantitative estimate of drug-likeness (QED) is 0.720. The SMILES string of the molecule is Cc1nc(-c2ccc(F)cc2)sc1Cl. The Balaban J connectivity index is 2.44. The van der Waals surface area contributed by atoms with E-state index in [0.29, 0.717) is 4.34 Å². The van der Waals surface area contributed by atoms with Crippen molar-refractivity contribution in [2.45, 2.75) is 6.92 Å². The third kappa shape index (κ3) is 1.79. The van der Waals surface area contributed by atoms with Gasteiger partial charge in [0.1, 0.15) is 15.2 Å². The molecule has 0 atom stereocenters. The molecule has 0 fully saturated rings. The molecule has 2 aromatic rings. The molecular weight excluding hydrogens is 221 g/mol. The Morgan fingerprint density at radius 2 is 1.93 bits per heavy atom. The van der Waals surface area contributed by atoms with Crippen molar-refractivity contribution in [2.75, 3.05) is 0 Å². The lowest BCUT2D eigenvalue weighted by Gasteiger charge is -1.94. The lowest BCUT2D eigenvalue weighted by Crippen LogP contribution is -1.78. The number of rotatable bonds is 1. The van der Waals surface area contributed by atoms with Crippen LogP contribution in [-0.4, -0.2) is 4.98 Å². The number of hydrogen-bond donors (Lipinski definition) is 0. The second kappa shape index (κ2) is 3.67. The van der Waals surface area contributed by atoms with Gasteiger partial charge in [-0.25, -0.2) is 9.37 Å². The van der Waals surface area contributed by atoms with E-state index in [1.54, 1.807) is 12.1 Å². The molecular formula is C10H7ClFNS. The van der Waals surface area contributed by atoms with Gasteiger partial charge >= 0.3 is 0 Å². The Labute approximate surface area is 90.2 Å². The van der Waals surface area contributed by atoms with Crippen LogP contribution in [0.15, 0.2) is 24.3 Å². The van der Waals surface area contributed by atoms with Crippen LogP contribution in [0.4, 0.5) is 4.39 Å². The predicted molar refractivity (Wildman–Crippen MR) is 57.3 cm³/mol. The van der Waals surface area contributed by atoms with Crippen LogP contribution >= 0.6 is 22.9 Å². The summed E-state index contributed by atoms with van der Waals surface area (Å²) in [7, 11) is 0. The minimum absolute atomic E-state index is 0.242. The van der Waals surface area contributed by atoms with Crippen LogP contribution in [0, 0.1) is 12.7 Å². The van der Waals surface area contributed by atoms with Crippen molar-refractivity contribution in [3.8, 4) is 10.6 Å². The van der Waals surface area contributed by atoms with Gasteiger partial charge in [-0.05, 0) is 31.2 Å². The fraction of sp³-hybridized carbons (Fsp3) is 0.100. The number of halogens is 2. The third-order valence-corrected chi connectivity index (χ3v) is 3.33. The topological polar surface area (TPSA) is 12.9 Å². The zero-order chi connectivity index (χ0) is 10.1. The monoisotopic (exact) mass is 227 g/mol. The second-order valence-electron chi connectivity index (χ2n) is 2.89. The molecule has 0 N–H and O–H groups in total. The summed E-state index contributed by atoms with van der Waals surface area (Å²) in [5.41, 5.74) is 1.71. The Morgan fingerprint density at radius 1 is 1.29 bits per heavy atom. The normalized spacial score (nSPS) is 10.5. The molecule has 4 heteroatoms. The lowest BCUT2D eigenvalue weighted by atomic mass is 10.2. The van der Waals surface area contributed by atoms with Gasteiger partial charge in [0.2, 0.25) is 0 Å². The number of nitrogens with zero attached hydrogens (tertiary/aromatic N) is 1. The molecule has 0 amide bonds.